The number of benzene rings is 1. The smallest absolute Gasteiger partial charge is 0.326 e. The molecule has 0 saturated carbocycles. The first kappa shape index (κ1) is 22.3. The number of fused-ring (bicyclic) bond motifs is 1. The highest BCUT2D eigenvalue weighted by molar-refractivity contribution is 5.97. The largest absolute Gasteiger partial charge is 0.480 e. The molecule has 166 valence electrons. The van der Waals surface area contributed by atoms with Crippen molar-refractivity contribution in [3.63, 3.8) is 0 Å². The summed E-state index contributed by atoms with van der Waals surface area (Å²) in [4.78, 5) is 62.0. The van der Waals surface area contributed by atoms with Crippen molar-refractivity contribution in [3.05, 3.63) is 58.1 Å². The molecule has 7 N–H and O–H groups in total. The molecule has 0 saturated heterocycles. The summed E-state index contributed by atoms with van der Waals surface area (Å²) >= 11 is 0. The zero-order valence-corrected chi connectivity index (χ0v) is 16.5. The normalized spacial score (nSPS) is 12.7. The van der Waals surface area contributed by atoms with Crippen molar-refractivity contribution < 1.29 is 24.6 Å². The number of aromatic nitrogens is 4. The van der Waals surface area contributed by atoms with Crippen molar-refractivity contribution >= 4 is 34.9 Å². The second kappa shape index (κ2) is 9.61. The first-order valence-electron chi connectivity index (χ1n) is 9.30. The Morgan fingerprint density at radius 1 is 1.09 bits per heavy atom. The lowest BCUT2D eigenvalue weighted by Gasteiger charge is -2.20. The number of carbonyl (C=O) groups excluding carboxylic acids is 2. The molecule has 2 amide bonds. The van der Waals surface area contributed by atoms with Gasteiger partial charge in [-0.15, -0.1) is 0 Å². The molecule has 3 rings (SSSR count). The summed E-state index contributed by atoms with van der Waals surface area (Å²) in [6.45, 7) is -0.804. The Hall–Kier alpha value is -4.39. The molecule has 0 aliphatic carbocycles. The monoisotopic (exact) mass is 441 g/mol. The number of aliphatic hydroxyl groups is 1. The molecule has 0 bridgehead atoms. The highest BCUT2D eigenvalue weighted by Crippen LogP contribution is 2.06. The highest BCUT2D eigenvalue weighted by Gasteiger charge is 2.27. The highest BCUT2D eigenvalue weighted by atomic mass is 16.4. The van der Waals surface area contributed by atoms with Gasteiger partial charge in [0.2, 0.25) is 11.9 Å². The number of hydrogen-bond acceptors (Lipinski definition) is 9. The summed E-state index contributed by atoms with van der Waals surface area (Å²) in [5, 5.41) is 23.5. The van der Waals surface area contributed by atoms with Crippen molar-refractivity contribution in [2.75, 3.05) is 12.3 Å². The number of anilines is 1. The minimum Gasteiger partial charge on any atom is -0.480 e. The van der Waals surface area contributed by atoms with E-state index in [2.05, 4.69) is 30.6 Å². The number of nitrogens with zero attached hydrogens (tertiary/aromatic N) is 3. The van der Waals surface area contributed by atoms with Crippen LogP contribution in [0.1, 0.15) is 16.1 Å². The van der Waals surface area contributed by atoms with Crippen LogP contribution < -0.4 is 21.9 Å². The van der Waals surface area contributed by atoms with Crippen LogP contribution in [-0.2, 0) is 16.0 Å². The van der Waals surface area contributed by atoms with E-state index in [4.69, 9.17) is 5.73 Å². The molecule has 13 nitrogen and oxygen atoms in total. The lowest BCUT2D eigenvalue weighted by atomic mass is 10.1. The lowest BCUT2D eigenvalue weighted by molar-refractivity contribution is -0.142. The van der Waals surface area contributed by atoms with Crippen LogP contribution in [0.5, 0.6) is 0 Å². The van der Waals surface area contributed by atoms with E-state index in [1.165, 1.54) is 0 Å². The van der Waals surface area contributed by atoms with Crippen LogP contribution in [-0.4, -0.2) is 66.6 Å². The van der Waals surface area contributed by atoms with Crippen molar-refractivity contribution in [3.8, 4) is 0 Å². The Labute approximate surface area is 179 Å². The Bertz CT molecular complexity index is 1210. The maximum absolute atomic E-state index is 12.5. The number of H-pyrrole nitrogens is 1. The Balaban J connectivity index is 1.72. The number of nitrogen functional groups attached to an aromatic ring is 1. The molecule has 0 aliphatic heterocycles. The molecule has 2 aromatic heterocycles. The van der Waals surface area contributed by atoms with Crippen LogP contribution in [0.4, 0.5) is 5.95 Å². The molecule has 1 aromatic carbocycles. The average Bonchev–Trinajstić information content (AvgIpc) is 2.76. The Morgan fingerprint density at radius 2 is 1.81 bits per heavy atom. The zero-order valence-electron chi connectivity index (χ0n) is 16.5. The van der Waals surface area contributed by atoms with E-state index in [0.29, 0.717) is 5.56 Å². The Morgan fingerprint density at radius 3 is 2.47 bits per heavy atom. The molecule has 32 heavy (non-hydrogen) atoms. The zero-order chi connectivity index (χ0) is 23.3. The van der Waals surface area contributed by atoms with Gasteiger partial charge in [-0.25, -0.2) is 14.8 Å². The summed E-state index contributed by atoms with van der Waals surface area (Å²) in [5.74, 6) is -3.31. The minimum absolute atomic E-state index is 0.00575. The van der Waals surface area contributed by atoms with E-state index in [1.807, 2.05) is 0 Å². The SMILES string of the molecule is Nc1nc2nc(C(=O)N[C@@H](CO)C(=O)N[C@@H](Cc3ccccc3)C(=O)O)cnc2c(=O)[nH]1. The molecule has 0 radical (unpaired) electrons. The number of amides is 2. The molecule has 0 unspecified atom stereocenters. The number of hydrogen-bond donors (Lipinski definition) is 6. The van der Waals surface area contributed by atoms with Crippen LogP contribution >= 0.6 is 0 Å². The average molecular weight is 441 g/mol. The van der Waals surface area contributed by atoms with Crippen molar-refractivity contribution in [1.82, 2.24) is 30.6 Å². The van der Waals surface area contributed by atoms with E-state index >= 15 is 0 Å². The van der Waals surface area contributed by atoms with Crippen LogP contribution in [0.25, 0.3) is 11.2 Å². The van der Waals surface area contributed by atoms with Crippen molar-refractivity contribution in [2.24, 2.45) is 0 Å². The number of aliphatic hydroxyl groups excluding tert-OH is 1. The van der Waals surface area contributed by atoms with Gasteiger partial charge in [0.05, 0.1) is 12.8 Å². The van der Waals surface area contributed by atoms with Gasteiger partial charge in [0.15, 0.2) is 11.2 Å². The van der Waals surface area contributed by atoms with E-state index in [1.54, 1.807) is 30.3 Å². The standard InChI is InChI=1S/C19H19N7O6/c20-19-25-14-13(17(30)26-19)21-7-11(22-14)15(28)24-12(8-27)16(29)23-10(18(31)32)6-9-4-2-1-3-5-9/h1-5,7,10,12,27H,6,8H2,(H,23,29)(H,24,28)(H,31,32)(H3,20,22,25,26,30)/t10-,12-/m0/s1. The predicted molar refractivity (Wildman–Crippen MR) is 110 cm³/mol. The number of nitrogens with two attached hydrogens (primary N) is 1. The Kier molecular flexibility index (Phi) is 6.70. The maximum Gasteiger partial charge on any atom is 0.326 e. The topological polar surface area (TPSA) is 213 Å². The second-order valence-electron chi connectivity index (χ2n) is 6.68. The van der Waals surface area contributed by atoms with Crippen LogP contribution in [0.2, 0.25) is 0 Å². The molecule has 0 spiro atoms. The molecule has 13 heteroatoms. The summed E-state index contributed by atoms with van der Waals surface area (Å²) in [7, 11) is 0. The maximum atomic E-state index is 12.5. The molecule has 0 fully saturated rings. The van der Waals surface area contributed by atoms with Gasteiger partial charge in [-0.2, -0.15) is 4.98 Å². The van der Waals surface area contributed by atoms with Crippen molar-refractivity contribution in [2.45, 2.75) is 18.5 Å². The number of aliphatic carboxylic acids is 1. The number of aromatic amines is 1. The summed E-state index contributed by atoms with van der Waals surface area (Å²) in [6.07, 6.45) is 0.998. The molecular formula is C19H19N7O6. The third-order valence-corrected chi connectivity index (χ3v) is 4.37. The van der Waals surface area contributed by atoms with Crippen molar-refractivity contribution in [1.29, 1.82) is 0 Å². The molecule has 0 aliphatic rings. The molecule has 2 heterocycles. The number of rotatable bonds is 8. The third kappa shape index (κ3) is 5.20. The van der Waals surface area contributed by atoms with Crippen LogP contribution in [0.3, 0.4) is 0 Å². The molecule has 3 aromatic rings. The fourth-order valence-electron chi connectivity index (χ4n) is 2.79. The van der Waals surface area contributed by atoms with Gasteiger partial charge in [0.1, 0.15) is 17.8 Å². The fraction of sp³-hybridized carbons (Fsp3) is 0.211. The van der Waals surface area contributed by atoms with Gasteiger partial charge in [0.25, 0.3) is 11.5 Å². The summed E-state index contributed by atoms with van der Waals surface area (Å²) in [5.41, 5.74) is 4.87. The number of carboxylic acid groups (broad SMARTS) is 1. The minimum atomic E-state index is -1.46. The number of carbonyl (C=O) groups is 3. The first-order valence-corrected chi connectivity index (χ1v) is 9.30. The van der Waals surface area contributed by atoms with Gasteiger partial charge >= 0.3 is 5.97 Å². The number of nitrogens with one attached hydrogen (secondary N) is 3. The fourth-order valence-corrected chi connectivity index (χ4v) is 2.79. The quantitative estimate of drug-likeness (QED) is 0.231. The van der Waals surface area contributed by atoms with Crippen LogP contribution in [0.15, 0.2) is 41.3 Å². The van der Waals surface area contributed by atoms with E-state index < -0.39 is 42.0 Å². The number of carboxylic acids is 1. The third-order valence-electron chi connectivity index (χ3n) is 4.37. The van der Waals surface area contributed by atoms with E-state index in [-0.39, 0.29) is 29.2 Å². The lowest BCUT2D eigenvalue weighted by Crippen LogP contribution is -2.53. The van der Waals surface area contributed by atoms with Gasteiger partial charge in [-0.1, -0.05) is 30.3 Å². The second-order valence-corrected chi connectivity index (χ2v) is 6.68. The molecular weight excluding hydrogens is 422 g/mol. The van der Waals surface area contributed by atoms with Gasteiger partial charge in [-0.3, -0.25) is 19.4 Å². The summed E-state index contributed by atoms with van der Waals surface area (Å²) in [6, 6.07) is 5.90. The first-order chi connectivity index (χ1) is 15.3. The van der Waals surface area contributed by atoms with E-state index in [0.717, 1.165) is 6.20 Å². The van der Waals surface area contributed by atoms with Gasteiger partial charge in [0, 0.05) is 6.42 Å². The van der Waals surface area contributed by atoms with E-state index in [9.17, 15) is 29.4 Å². The molecule has 2 atom stereocenters. The van der Waals surface area contributed by atoms with Crippen LogP contribution in [0, 0.1) is 0 Å². The summed E-state index contributed by atoms with van der Waals surface area (Å²) < 4.78 is 0. The van der Waals surface area contributed by atoms with Gasteiger partial charge in [-0.05, 0) is 5.56 Å². The van der Waals surface area contributed by atoms with Gasteiger partial charge < -0.3 is 26.6 Å². The predicted octanol–water partition coefficient (Wildman–Crippen LogP) is -1.80.